The number of rotatable bonds is 6. The lowest BCUT2D eigenvalue weighted by molar-refractivity contribution is 0.805. The van der Waals surface area contributed by atoms with Gasteiger partial charge in [0.05, 0.1) is 5.69 Å². The van der Waals surface area contributed by atoms with Crippen LogP contribution < -0.4 is 15.5 Å². The van der Waals surface area contributed by atoms with Crippen LogP contribution in [-0.2, 0) is 6.42 Å². The molecule has 1 aliphatic heterocycles. The normalized spacial score (nSPS) is 18.2. The third kappa shape index (κ3) is 5.26. The van der Waals surface area contributed by atoms with E-state index in [1.54, 1.807) is 11.3 Å². The summed E-state index contributed by atoms with van der Waals surface area (Å²) in [5.74, 6) is 0.954. The zero-order chi connectivity index (χ0) is 14.5. The van der Waals surface area contributed by atoms with Gasteiger partial charge >= 0.3 is 0 Å². The fraction of sp³-hybridized carbons (Fsp3) is 0.733. The number of aliphatic imine (C=N–C) groups is 1. The molecule has 3 rings (SSSR count). The van der Waals surface area contributed by atoms with Gasteiger partial charge in [-0.3, -0.25) is 4.99 Å². The number of aromatic nitrogens is 1. The van der Waals surface area contributed by atoms with Crippen molar-refractivity contribution in [3.8, 4) is 0 Å². The topological polar surface area (TPSA) is 52.6 Å². The van der Waals surface area contributed by atoms with Crippen LogP contribution in [0.2, 0.25) is 0 Å². The van der Waals surface area contributed by atoms with Gasteiger partial charge in [0.2, 0.25) is 0 Å². The number of hydrogen-bond acceptors (Lipinski definition) is 4. The SMILES string of the molecule is CCNC(=NCCc1csc(N2CCCC2)n1)NC1CC1.I. The largest absolute Gasteiger partial charge is 0.357 e. The molecule has 5 nitrogen and oxygen atoms in total. The molecule has 1 aromatic rings. The van der Waals surface area contributed by atoms with Crippen molar-refractivity contribution in [1.82, 2.24) is 15.6 Å². The Bertz CT molecular complexity index is 480. The molecule has 0 atom stereocenters. The lowest BCUT2D eigenvalue weighted by Crippen LogP contribution is -2.38. The van der Waals surface area contributed by atoms with Gasteiger partial charge in [0.25, 0.3) is 0 Å². The van der Waals surface area contributed by atoms with Crippen LogP contribution in [0.15, 0.2) is 10.4 Å². The average Bonchev–Trinajstić information content (AvgIpc) is 2.95. The van der Waals surface area contributed by atoms with Gasteiger partial charge < -0.3 is 15.5 Å². The van der Waals surface area contributed by atoms with Gasteiger partial charge in [-0.2, -0.15) is 0 Å². The summed E-state index contributed by atoms with van der Waals surface area (Å²) in [4.78, 5) is 11.8. The molecule has 2 aliphatic rings. The van der Waals surface area contributed by atoms with Crippen LogP contribution in [0.5, 0.6) is 0 Å². The minimum Gasteiger partial charge on any atom is -0.357 e. The molecule has 1 saturated heterocycles. The number of nitrogens with one attached hydrogen (secondary N) is 2. The number of anilines is 1. The summed E-state index contributed by atoms with van der Waals surface area (Å²) in [6, 6.07) is 0.642. The molecule has 0 radical (unpaired) electrons. The average molecular weight is 435 g/mol. The highest BCUT2D eigenvalue weighted by atomic mass is 127. The zero-order valence-corrected chi connectivity index (χ0v) is 16.3. The Balaban J connectivity index is 0.00000176. The highest BCUT2D eigenvalue weighted by Crippen LogP contribution is 2.24. The van der Waals surface area contributed by atoms with Crippen LogP contribution in [-0.4, -0.2) is 43.2 Å². The Hall–Kier alpha value is -0.570. The fourth-order valence-corrected chi connectivity index (χ4v) is 3.40. The summed E-state index contributed by atoms with van der Waals surface area (Å²) in [7, 11) is 0. The molecule has 1 saturated carbocycles. The number of guanidine groups is 1. The Morgan fingerprint density at radius 3 is 2.86 bits per heavy atom. The highest BCUT2D eigenvalue weighted by Gasteiger charge is 2.22. The van der Waals surface area contributed by atoms with E-state index in [9.17, 15) is 0 Å². The number of thiazole rings is 1. The summed E-state index contributed by atoms with van der Waals surface area (Å²) in [5, 5.41) is 10.1. The standard InChI is InChI=1S/C15H25N5S.HI/c1-2-16-14(18-12-5-6-12)17-8-7-13-11-21-15(19-13)20-9-3-4-10-20;/h11-12H,2-10H2,1H3,(H2,16,17,18);1H. The smallest absolute Gasteiger partial charge is 0.191 e. The molecule has 0 aromatic carbocycles. The van der Waals surface area contributed by atoms with Crippen LogP contribution in [0, 0.1) is 0 Å². The van der Waals surface area contributed by atoms with Gasteiger partial charge in [-0.05, 0) is 32.6 Å². The predicted octanol–water partition coefficient (Wildman–Crippen LogP) is 2.62. The van der Waals surface area contributed by atoms with Crippen molar-refractivity contribution in [2.45, 2.75) is 45.1 Å². The fourth-order valence-electron chi connectivity index (χ4n) is 2.49. The quantitative estimate of drug-likeness (QED) is 0.410. The molecule has 2 fully saturated rings. The third-order valence-corrected chi connectivity index (χ3v) is 4.77. The maximum atomic E-state index is 4.74. The minimum atomic E-state index is 0. The summed E-state index contributed by atoms with van der Waals surface area (Å²) < 4.78 is 0. The summed E-state index contributed by atoms with van der Waals surface area (Å²) in [5.41, 5.74) is 1.17. The molecule has 1 aliphatic carbocycles. The molecule has 7 heteroatoms. The van der Waals surface area contributed by atoms with Crippen molar-refractivity contribution in [3.63, 3.8) is 0 Å². The lowest BCUT2D eigenvalue weighted by atomic mass is 10.3. The molecule has 124 valence electrons. The third-order valence-electron chi connectivity index (χ3n) is 3.82. The van der Waals surface area contributed by atoms with Crippen molar-refractivity contribution in [2.75, 3.05) is 31.1 Å². The number of hydrogen-bond donors (Lipinski definition) is 2. The van der Waals surface area contributed by atoms with E-state index in [2.05, 4.69) is 32.8 Å². The molecular formula is C15H26IN5S. The van der Waals surface area contributed by atoms with E-state index in [1.165, 1.54) is 49.6 Å². The molecule has 1 aromatic heterocycles. The lowest BCUT2D eigenvalue weighted by Gasteiger charge is -2.12. The van der Waals surface area contributed by atoms with Crippen LogP contribution in [0.3, 0.4) is 0 Å². The second kappa shape index (κ2) is 8.90. The van der Waals surface area contributed by atoms with Crippen LogP contribution in [0.4, 0.5) is 5.13 Å². The van der Waals surface area contributed by atoms with E-state index < -0.39 is 0 Å². The highest BCUT2D eigenvalue weighted by molar-refractivity contribution is 14.0. The van der Waals surface area contributed by atoms with Gasteiger partial charge in [0.15, 0.2) is 11.1 Å². The maximum Gasteiger partial charge on any atom is 0.191 e. The van der Waals surface area contributed by atoms with Crippen LogP contribution in [0.25, 0.3) is 0 Å². The van der Waals surface area contributed by atoms with Crippen molar-refractivity contribution in [1.29, 1.82) is 0 Å². The first-order chi connectivity index (χ1) is 10.3. The summed E-state index contributed by atoms with van der Waals surface area (Å²) in [6.07, 6.45) is 6.08. The second-order valence-corrected chi connectivity index (χ2v) is 6.58. The Morgan fingerprint density at radius 1 is 1.41 bits per heavy atom. The van der Waals surface area contributed by atoms with Gasteiger partial charge in [0, 0.05) is 44.0 Å². The van der Waals surface area contributed by atoms with Crippen molar-refractivity contribution < 1.29 is 0 Å². The first kappa shape index (κ1) is 17.8. The first-order valence-corrected chi connectivity index (χ1v) is 8.97. The monoisotopic (exact) mass is 435 g/mol. The molecule has 2 N–H and O–H groups in total. The Kier molecular flexibility index (Phi) is 7.20. The maximum absolute atomic E-state index is 4.74. The summed E-state index contributed by atoms with van der Waals surface area (Å²) >= 11 is 1.77. The van der Waals surface area contributed by atoms with Crippen molar-refractivity contribution in [3.05, 3.63) is 11.1 Å². The van der Waals surface area contributed by atoms with E-state index in [4.69, 9.17) is 4.98 Å². The zero-order valence-electron chi connectivity index (χ0n) is 13.2. The van der Waals surface area contributed by atoms with Crippen molar-refractivity contribution in [2.24, 2.45) is 4.99 Å². The Morgan fingerprint density at radius 2 is 2.18 bits per heavy atom. The molecule has 0 unspecified atom stereocenters. The van der Waals surface area contributed by atoms with Crippen LogP contribution in [0.1, 0.15) is 38.3 Å². The van der Waals surface area contributed by atoms with E-state index in [-0.39, 0.29) is 24.0 Å². The van der Waals surface area contributed by atoms with E-state index in [1.807, 2.05) is 0 Å². The molecular weight excluding hydrogens is 409 g/mol. The van der Waals surface area contributed by atoms with Gasteiger partial charge in [0.1, 0.15) is 0 Å². The molecule has 2 heterocycles. The minimum absolute atomic E-state index is 0. The van der Waals surface area contributed by atoms with Crippen molar-refractivity contribution >= 4 is 46.4 Å². The first-order valence-electron chi connectivity index (χ1n) is 8.09. The molecule has 22 heavy (non-hydrogen) atoms. The van der Waals surface area contributed by atoms with E-state index >= 15 is 0 Å². The second-order valence-electron chi connectivity index (χ2n) is 5.74. The predicted molar refractivity (Wildman–Crippen MR) is 105 cm³/mol. The number of halogens is 1. The van der Waals surface area contributed by atoms with Gasteiger partial charge in [-0.15, -0.1) is 35.3 Å². The van der Waals surface area contributed by atoms with E-state index in [0.717, 1.165) is 25.5 Å². The van der Waals surface area contributed by atoms with E-state index in [0.29, 0.717) is 6.04 Å². The van der Waals surface area contributed by atoms with Gasteiger partial charge in [-0.25, -0.2) is 4.98 Å². The number of nitrogens with zero attached hydrogens (tertiary/aromatic N) is 3. The molecule has 0 bridgehead atoms. The summed E-state index contributed by atoms with van der Waals surface area (Å²) in [6.45, 7) is 6.15. The molecule has 0 amide bonds. The van der Waals surface area contributed by atoms with Gasteiger partial charge in [-0.1, -0.05) is 0 Å². The van der Waals surface area contributed by atoms with Crippen LogP contribution >= 0.6 is 35.3 Å². The Labute approximate surface area is 154 Å². The molecule has 0 spiro atoms.